The normalized spacial score (nSPS) is 10.7. The number of hydrogen-bond acceptors (Lipinski definition) is 5. The molecule has 0 aliphatic heterocycles. The second-order valence-electron chi connectivity index (χ2n) is 5.31. The van der Waals surface area contributed by atoms with E-state index in [1.165, 1.54) is 0 Å². The van der Waals surface area contributed by atoms with E-state index >= 15 is 0 Å². The number of carboxylic acid groups (broad SMARTS) is 1. The predicted molar refractivity (Wildman–Crippen MR) is 97.3 cm³/mol. The van der Waals surface area contributed by atoms with Crippen LogP contribution in [0.2, 0.25) is 0 Å². The smallest absolute Gasteiger partial charge is 0.303 e. The molecule has 0 amide bonds. The number of nitrogens with one attached hydrogen (secondary N) is 1. The van der Waals surface area contributed by atoms with Gasteiger partial charge in [0.1, 0.15) is 5.82 Å². The highest BCUT2D eigenvalue weighted by molar-refractivity contribution is 9.10. The lowest BCUT2D eigenvalue weighted by molar-refractivity contribution is -0.136. The summed E-state index contributed by atoms with van der Waals surface area (Å²) in [7, 11) is 0. The Morgan fingerprint density at radius 2 is 2.04 bits per heavy atom. The number of carboxylic acids is 1. The van der Waals surface area contributed by atoms with Gasteiger partial charge in [0.25, 0.3) is 0 Å². The average molecular weight is 387 g/mol. The van der Waals surface area contributed by atoms with Crippen LogP contribution >= 0.6 is 15.9 Å². The first kappa shape index (κ1) is 16.2. The number of aromatic nitrogens is 2. The molecule has 122 valence electrons. The van der Waals surface area contributed by atoms with E-state index < -0.39 is 5.97 Å². The Hall–Kier alpha value is -2.67. The fourth-order valence-electron chi connectivity index (χ4n) is 2.37. The minimum absolute atomic E-state index is 0.0950. The molecule has 0 aliphatic carbocycles. The average Bonchev–Trinajstić information content (AvgIpc) is 2.54. The Morgan fingerprint density at radius 1 is 1.21 bits per heavy atom. The molecular weight excluding hydrogens is 372 g/mol. The number of halogens is 1. The molecule has 0 spiro atoms. The van der Waals surface area contributed by atoms with Gasteiger partial charge in [0.2, 0.25) is 5.95 Å². The number of nitrogen functional groups attached to an aromatic ring is 1. The van der Waals surface area contributed by atoms with Crippen LogP contribution in [0, 0.1) is 0 Å². The van der Waals surface area contributed by atoms with Crippen molar-refractivity contribution in [1.29, 1.82) is 0 Å². The zero-order valence-corrected chi connectivity index (χ0v) is 14.2. The van der Waals surface area contributed by atoms with Crippen molar-refractivity contribution in [2.24, 2.45) is 0 Å². The van der Waals surface area contributed by atoms with Gasteiger partial charge in [-0.15, -0.1) is 0 Å². The van der Waals surface area contributed by atoms with Crippen LogP contribution in [-0.2, 0) is 11.2 Å². The third kappa shape index (κ3) is 3.80. The van der Waals surface area contributed by atoms with Gasteiger partial charge >= 0.3 is 5.97 Å². The Kier molecular flexibility index (Phi) is 4.61. The van der Waals surface area contributed by atoms with Gasteiger partial charge in [0.15, 0.2) is 0 Å². The first-order valence-corrected chi connectivity index (χ1v) is 8.11. The quantitative estimate of drug-likeness (QED) is 0.617. The highest BCUT2D eigenvalue weighted by Crippen LogP contribution is 2.25. The third-order valence-corrected chi connectivity index (χ3v) is 3.99. The van der Waals surface area contributed by atoms with Gasteiger partial charge in [0, 0.05) is 22.0 Å². The lowest BCUT2D eigenvalue weighted by atomic mass is 10.1. The Labute approximate surface area is 146 Å². The molecule has 3 aromatic rings. The molecule has 1 heterocycles. The molecule has 6 nitrogen and oxygen atoms in total. The number of fused-ring (bicyclic) bond motifs is 1. The number of nitrogens with zero attached hydrogens (tertiary/aromatic N) is 2. The van der Waals surface area contributed by atoms with Gasteiger partial charge < -0.3 is 16.2 Å². The summed E-state index contributed by atoms with van der Waals surface area (Å²) >= 11 is 3.40. The zero-order valence-electron chi connectivity index (χ0n) is 12.7. The first-order chi connectivity index (χ1) is 11.5. The molecule has 4 N–H and O–H groups in total. The van der Waals surface area contributed by atoms with Gasteiger partial charge in [0.05, 0.1) is 5.52 Å². The van der Waals surface area contributed by atoms with Crippen molar-refractivity contribution in [3.05, 3.63) is 52.5 Å². The van der Waals surface area contributed by atoms with Crippen molar-refractivity contribution >= 4 is 50.3 Å². The lowest BCUT2D eigenvalue weighted by Gasteiger charge is -2.09. The largest absolute Gasteiger partial charge is 0.481 e. The van der Waals surface area contributed by atoms with Crippen molar-refractivity contribution in [2.45, 2.75) is 12.8 Å². The lowest BCUT2D eigenvalue weighted by Crippen LogP contribution is -2.02. The van der Waals surface area contributed by atoms with Crippen molar-refractivity contribution in [3.63, 3.8) is 0 Å². The molecule has 0 atom stereocenters. The van der Waals surface area contributed by atoms with E-state index in [1.807, 2.05) is 42.5 Å². The molecule has 0 bridgehead atoms. The topological polar surface area (TPSA) is 101 Å². The van der Waals surface area contributed by atoms with E-state index in [-0.39, 0.29) is 6.42 Å². The van der Waals surface area contributed by atoms with Crippen molar-refractivity contribution in [2.75, 3.05) is 11.1 Å². The SMILES string of the molecule is Nc1nc(Nc2cccc(CCC(=O)O)c2)nc2ccc(Br)cc12. The number of anilines is 3. The molecule has 0 saturated carbocycles. The Morgan fingerprint density at radius 3 is 2.83 bits per heavy atom. The minimum Gasteiger partial charge on any atom is -0.481 e. The van der Waals surface area contributed by atoms with Gasteiger partial charge in [-0.05, 0) is 42.3 Å². The maximum Gasteiger partial charge on any atom is 0.303 e. The van der Waals surface area contributed by atoms with E-state index in [9.17, 15) is 4.79 Å². The summed E-state index contributed by atoms with van der Waals surface area (Å²) in [5.41, 5.74) is 8.48. The summed E-state index contributed by atoms with van der Waals surface area (Å²) in [5, 5.41) is 12.7. The van der Waals surface area contributed by atoms with E-state index in [4.69, 9.17) is 10.8 Å². The van der Waals surface area contributed by atoms with E-state index in [2.05, 4.69) is 31.2 Å². The number of rotatable bonds is 5. The van der Waals surface area contributed by atoms with E-state index in [0.717, 1.165) is 26.6 Å². The van der Waals surface area contributed by atoms with Crippen molar-refractivity contribution < 1.29 is 9.90 Å². The molecule has 0 saturated heterocycles. The van der Waals surface area contributed by atoms with Crippen molar-refractivity contribution in [3.8, 4) is 0 Å². The summed E-state index contributed by atoms with van der Waals surface area (Å²) in [6.45, 7) is 0. The number of benzene rings is 2. The second kappa shape index (κ2) is 6.84. The minimum atomic E-state index is -0.815. The zero-order chi connectivity index (χ0) is 17.1. The summed E-state index contributed by atoms with van der Waals surface area (Å²) in [4.78, 5) is 19.4. The number of aryl methyl sites for hydroxylation is 1. The number of nitrogens with two attached hydrogens (primary N) is 1. The molecule has 0 unspecified atom stereocenters. The highest BCUT2D eigenvalue weighted by Gasteiger charge is 2.07. The Balaban J connectivity index is 1.86. The van der Waals surface area contributed by atoms with Crippen LogP contribution in [0.25, 0.3) is 10.9 Å². The van der Waals surface area contributed by atoms with Crippen LogP contribution < -0.4 is 11.1 Å². The first-order valence-electron chi connectivity index (χ1n) is 7.32. The van der Waals surface area contributed by atoms with Crippen LogP contribution in [-0.4, -0.2) is 21.0 Å². The molecule has 0 radical (unpaired) electrons. The second-order valence-corrected chi connectivity index (χ2v) is 6.23. The molecule has 0 aliphatic rings. The molecule has 2 aromatic carbocycles. The van der Waals surface area contributed by atoms with Crippen molar-refractivity contribution in [1.82, 2.24) is 9.97 Å². The molecule has 7 heteroatoms. The van der Waals surface area contributed by atoms with Gasteiger partial charge in [-0.3, -0.25) is 4.79 Å². The Bertz CT molecular complexity index is 914. The number of carbonyl (C=O) groups is 1. The molecular formula is C17H15BrN4O2. The van der Waals surface area contributed by atoms with Crippen LogP contribution in [0.1, 0.15) is 12.0 Å². The summed E-state index contributed by atoms with van der Waals surface area (Å²) in [6, 6.07) is 13.1. The molecule has 3 rings (SSSR count). The van der Waals surface area contributed by atoms with Crippen LogP contribution in [0.3, 0.4) is 0 Å². The van der Waals surface area contributed by atoms with E-state index in [1.54, 1.807) is 0 Å². The summed E-state index contributed by atoms with van der Waals surface area (Å²) in [5.74, 6) is -0.0197. The number of hydrogen-bond donors (Lipinski definition) is 3. The molecule has 24 heavy (non-hydrogen) atoms. The summed E-state index contributed by atoms with van der Waals surface area (Å²) < 4.78 is 0.914. The van der Waals surface area contributed by atoms with Gasteiger partial charge in [-0.25, -0.2) is 4.98 Å². The van der Waals surface area contributed by atoms with Gasteiger partial charge in [-0.1, -0.05) is 28.1 Å². The maximum absolute atomic E-state index is 10.7. The third-order valence-electron chi connectivity index (χ3n) is 3.50. The fourth-order valence-corrected chi connectivity index (χ4v) is 2.73. The molecule has 1 aromatic heterocycles. The van der Waals surface area contributed by atoms with Crippen LogP contribution in [0.15, 0.2) is 46.9 Å². The predicted octanol–water partition coefficient (Wildman–Crippen LogP) is 3.74. The maximum atomic E-state index is 10.7. The van der Waals surface area contributed by atoms with E-state index in [0.29, 0.717) is 18.2 Å². The van der Waals surface area contributed by atoms with Crippen LogP contribution in [0.4, 0.5) is 17.5 Å². The number of aliphatic carboxylic acids is 1. The van der Waals surface area contributed by atoms with Crippen LogP contribution in [0.5, 0.6) is 0 Å². The summed E-state index contributed by atoms with van der Waals surface area (Å²) in [6.07, 6.45) is 0.567. The fraction of sp³-hybridized carbons (Fsp3) is 0.118. The highest BCUT2D eigenvalue weighted by atomic mass is 79.9. The monoisotopic (exact) mass is 386 g/mol. The van der Waals surface area contributed by atoms with Gasteiger partial charge in [-0.2, -0.15) is 4.98 Å². The standard InChI is InChI=1S/C17H15BrN4O2/c18-11-5-6-14-13(9-11)16(19)22-17(21-14)20-12-3-1-2-10(8-12)4-7-15(23)24/h1-3,5-6,8-9H,4,7H2,(H,23,24)(H3,19,20,21,22). The molecule has 0 fully saturated rings.